The van der Waals surface area contributed by atoms with Crippen LogP contribution in [0.3, 0.4) is 0 Å². The summed E-state index contributed by atoms with van der Waals surface area (Å²) in [6, 6.07) is 5.77. The van der Waals surface area contributed by atoms with Crippen LogP contribution in [-0.2, 0) is 10.4 Å². The Morgan fingerprint density at radius 3 is 2.22 bits per heavy atom. The predicted octanol–water partition coefficient (Wildman–Crippen LogP) is 0.505. The summed E-state index contributed by atoms with van der Waals surface area (Å²) in [5.74, 6) is 0. The summed E-state index contributed by atoms with van der Waals surface area (Å²) < 4.78 is 31.6. The zero-order valence-corrected chi connectivity index (χ0v) is 10.2. The second-order valence-electron chi connectivity index (χ2n) is 3.33. The maximum Gasteiger partial charge on any atom is 0.394 e. The minimum absolute atomic E-state index is 0.682. The molecule has 2 aromatic rings. The average Bonchev–Trinajstić information content (AvgIpc) is 2.72. The summed E-state index contributed by atoms with van der Waals surface area (Å²) in [5, 5.41) is 8.03. The van der Waals surface area contributed by atoms with E-state index in [1.54, 1.807) is 12.4 Å². The van der Waals surface area contributed by atoms with Gasteiger partial charge in [-0.25, -0.2) is 0 Å². The van der Waals surface area contributed by atoms with E-state index in [0.29, 0.717) is 5.69 Å². The Kier molecular flexibility index (Phi) is 4.37. The average molecular weight is 272 g/mol. The number of anilines is 1. The number of rotatable bonds is 1. The molecule has 18 heavy (non-hydrogen) atoms. The van der Waals surface area contributed by atoms with Gasteiger partial charge < -0.3 is 5.73 Å². The molecular formula is C9H12N4O4S. The van der Waals surface area contributed by atoms with Gasteiger partial charge in [0.2, 0.25) is 0 Å². The fraction of sp³-hybridized carbons (Fsp3) is 0.111. The maximum atomic E-state index is 8.74. The van der Waals surface area contributed by atoms with Gasteiger partial charge >= 0.3 is 10.4 Å². The standard InChI is InChI=1S/C9H10N4.H2O4S/c1-7-2-3-8(10)9(6-7)13-11-4-5-12-13;1-5(2,3)4/h2-6H,10H2,1H3;(H2,1,2,3,4). The van der Waals surface area contributed by atoms with E-state index in [2.05, 4.69) is 10.2 Å². The molecule has 9 heteroatoms. The van der Waals surface area contributed by atoms with Crippen molar-refractivity contribution in [2.24, 2.45) is 0 Å². The van der Waals surface area contributed by atoms with Crippen LogP contribution in [0, 0.1) is 6.92 Å². The Morgan fingerprint density at radius 2 is 1.72 bits per heavy atom. The van der Waals surface area contributed by atoms with Gasteiger partial charge in [-0.1, -0.05) is 6.07 Å². The Hall–Kier alpha value is -1.97. The molecule has 1 heterocycles. The lowest BCUT2D eigenvalue weighted by atomic mass is 10.2. The van der Waals surface area contributed by atoms with Gasteiger partial charge in [-0.2, -0.15) is 18.6 Å². The minimum Gasteiger partial charge on any atom is -0.397 e. The van der Waals surface area contributed by atoms with Crippen molar-refractivity contribution in [1.29, 1.82) is 0 Å². The molecule has 0 saturated heterocycles. The van der Waals surface area contributed by atoms with Crippen LogP contribution in [0.5, 0.6) is 0 Å². The lowest BCUT2D eigenvalue weighted by molar-refractivity contribution is 0.381. The predicted molar refractivity (Wildman–Crippen MR) is 64.7 cm³/mol. The smallest absolute Gasteiger partial charge is 0.394 e. The molecule has 8 nitrogen and oxygen atoms in total. The van der Waals surface area contributed by atoms with Crippen LogP contribution in [0.25, 0.3) is 5.69 Å². The number of benzene rings is 1. The summed E-state index contributed by atoms with van der Waals surface area (Å²) in [4.78, 5) is 1.52. The third-order valence-corrected chi connectivity index (χ3v) is 1.82. The number of nitrogens with two attached hydrogens (primary N) is 1. The monoisotopic (exact) mass is 272 g/mol. The molecule has 0 amide bonds. The molecule has 0 aliphatic rings. The first-order valence-corrected chi connectivity index (χ1v) is 6.10. The van der Waals surface area contributed by atoms with Crippen molar-refractivity contribution in [2.45, 2.75) is 6.92 Å². The van der Waals surface area contributed by atoms with Crippen molar-refractivity contribution in [3.05, 3.63) is 36.2 Å². The quantitative estimate of drug-likeness (QED) is 0.509. The number of nitrogen functional groups attached to an aromatic ring is 1. The van der Waals surface area contributed by atoms with Gasteiger partial charge in [0.05, 0.1) is 18.1 Å². The zero-order valence-electron chi connectivity index (χ0n) is 9.42. The Morgan fingerprint density at radius 1 is 1.22 bits per heavy atom. The van der Waals surface area contributed by atoms with Gasteiger partial charge in [-0.3, -0.25) is 9.11 Å². The van der Waals surface area contributed by atoms with Crippen molar-refractivity contribution in [2.75, 3.05) is 5.73 Å². The fourth-order valence-corrected chi connectivity index (χ4v) is 1.17. The third-order valence-electron chi connectivity index (χ3n) is 1.82. The van der Waals surface area contributed by atoms with Crippen LogP contribution in [-0.4, -0.2) is 32.5 Å². The largest absolute Gasteiger partial charge is 0.397 e. The van der Waals surface area contributed by atoms with Gasteiger partial charge in [0.25, 0.3) is 0 Å². The minimum atomic E-state index is -4.67. The summed E-state index contributed by atoms with van der Waals surface area (Å²) in [5.41, 5.74) is 8.43. The molecule has 0 unspecified atom stereocenters. The highest BCUT2D eigenvalue weighted by Gasteiger charge is 2.02. The highest BCUT2D eigenvalue weighted by molar-refractivity contribution is 7.79. The van der Waals surface area contributed by atoms with Crippen LogP contribution in [0.15, 0.2) is 30.6 Å². The van der Waals surface area contributed by atoms with Crippen LogP contribution < -0.4 is 5.73 Å². The van der Waals surface area contributed by atoms with E-state index in [0.717, 1.165) is 11.3 Å². The Labute approximate surface area is 104 Å². The van der Waals surface area contributed by atoms with Crippen LogP contribution in [0.1, 0.15) is 5.56 Å². The van der Waals surface area contributed by atoms with Gasteiger partial charge in [0, 0.05) is 0 Å². The van der Waals surface area contributed by atoms with E-state index in [9.17, 15) is 0 Å². The molecule has 1 aromatic carbocycles. The molecular weight excluding hydrogens is 260 g/mol. The highest BCUT2D eigenvalue weighted by Crippen LogP contribution is 2.16. The number of hydrogen-bond acceptors (Lipinski definition) is 5. The SMILES string of the molecule is Cc1ccc(N)c(-n2nccn2)c1.O=S(=O)(O)O. The molecule has 0 atom stereocenters. The number of aryl methyl sites for hydroxylation is 1. The molecule has 98 valence electrons. The first-order chi connectivity index (χ1) is 8.27. The topological polar surface area (TPSA) is 131 Å². The molecule has 2 rings (SSSR count). The molecule has 0 spiro atoms. The molecule has 4 N–H and O–H groups in total. The lowest BCUT2D eigenvalue weighted by Crippen LogP contribution is -2.03. The second kappa shape index (κ2) is 5.58. The summed E-state index contributed by atoms with van der Waals surface area (Å²) >= 11 is 0. The second-order valence-corrected chi connectivity index (χ2v) is 4.22. The number of aromatic nitrogens is 3. The van der Waals surface area contributed by atoms with E-state index >= 15 is 0 Å². The molecule has 0 bridgehead atoms. The first-order valence-electron chi connectivity index (χ1n) is 4.70. The molecule has 1 aromatic heterocycles. The molecule has 0 saturated carbocycles. The van der Waals surface area contributed by atoms with Crippen molar-refractivity contribution in [1.82, 2.24) is 15.0 Å². The van der Waals surface area contributed by atoms with Crippen molar-refractivity contribution in [3.63, 3.8) is 0 Å². The van der Waals surface area contributed by atoms with E-state index in [-0.39, 0.29) is 0 Å². The summed E-state index contributed by atoms with van der Waals surface area (Å²) in [6.07, 6.45) is 3.25. The molecule has 0 aliphatic heterocycles. The van der Waals surface area contributed by atoms with Crippen molar-refractivity contribution < 1.29 is 17.5 Å². The van der Waals surface area contributed by atoms with Gasteiger partial charge in [0.1, 0.15) is 5.69 Å². The van der Waals surface area contributed by atoms with Crippen molar-refractivity contribution in [3.8, 4) is 5.69 Å². The normalized spacial score (nSPS) is 10.6. The number of hydrogen-bond donors (Lipinski definition) is 3. The lowest BCUT2D eigenvalue weighted by Gasteiger charge is -2.04. The van der Waals surface area contributed by atoms with Crippen LogP contribution in [0.2, 0.25) is 0 Å². The van der Waals surface area contributed by atoms with Gasteiger partial charge in [-0.15, -0.1) is 4.80 Å². The van der Waals surface area contributed by atoms with E-state index in [1.165, 1.54) is 4.80 Å². The first kappa shape index (κ1) is 14.1. The van der Waals surface area contributed by atoms with Crippen LogP contribution in [0.4, 0.5) is 5.69 Å². The Bertz CT molecular complexity index is 602. The van der Waals surface area contributed by atoms with E-state index < -0.39 is 10.4 Å². The highest BCUT2D eigenvalue weighted by atomic mass is 32.3. The fourth-order valence-electron chi connectivity index (χ4n) is 1.17. The molecule has 0 fully saturated rings. The third kappa shape index (κ3) is 4.91. The van der Waals surface area contributed by atoms with E-state index in [1.807, 2.05) is 25.1 Å². The van der Waals surface area contributed by atoms with Crippen LogP contribution >= 0.6 is 0 Å². The van der Waals surface area contributed by atoms with Crippen molar-refractivity contribution >= 4 is 16.1 Å². The summed E-state index contributed by atoms with van der Waals surface area (Å²) in [7, 11) is -4.67. The zero-order chi connectivity index (χ0) is 13.8. The van der Waals surface area contributed by atoms with Gasteiger partial charge in [-0.05, 0) is 24.6 Å². The van der Waals surface area contributed by atoms with Gasteiger partial charge in [0.15, 0.2) is 0 Å². The maximum absolute atomic E-state index is 8.74. The molecule has 0 aliphatic carbocycles. The summed E-state index contributed by atoms with van der Waals surface area (Å²) in [6.45, 7) is 2.01. The Balaban J connectivity index is 0.000000280. The number of nitrogens with zero attached hydrogens (tertiary/aromatic N) is 3. The molecule has 0 radical (unpaired) electrons. The van der Waals surface area contributed by atoms with E-state index in [4.69, 9.17) is 23.3 Å².